The van der Waals surface area contributed by atoms with Gasteiger partial charge in [-0.05, 0) is 36.4 Å². The molecule has 0 bridgehead atoms. The highest BCUT2D eigenvalue weighted by atomic mass is 32.2. The molecule has 16 heteroatoms. The summed E-state index contributed by atoms with van der Waals surface area (Å²) in [6.07, 6.45) is -2.53. The van der Waals surface area contributed by atoms with Gasteiger partial charge in [0.15, 0.2) is 11.5 Å². The minimum absolute atomic E-state index is 0.108. The molecule has 0 unspecified atom stereocenters. The Morgan fingerprint density at radius 2 is 1.97 bits per heavy atom. The van der Waals surface area contributed by atoms with E-state index in [1.54, 1.807) is 11.4 Å². The Labute approximate surface area is 225 Å². The monoisotopic (exact) mass is 588 g/mol. The molecule has 0 aliphatic heterocycles. The van der Waals surface area contributed by atoms with Crippen LogP contribution in [0.1, 0.15) is 33.6 Å². The van der Waals surface area contributed by atoms with E-state index in [1.165, 1.54) is 30.7 Å². The number of thiophene rings is 1. The zero-order valence-electron chi connectivity index (χ0n) is 20.0. The molecule has 1 aliphatic rings. The lowest BCUT2D eigenvalue weighted by atomic mass is 10.1. The highest BCUT2D eigenvalue weighted by Gasteiger charge is 2.35. The molecule has 39 heavy (non-hydrogen) atoms. The van der Waals surface area contributed by atoms with Crippen LogP contribution in [-0.2, 0) is 21.1 Å². The van der Waals surface area contributed by atoms with E-state index in [1.807, 2.05) is 0 Å². The molecule has 0 radical (unpaired) electrons. The van der Waals surface area contributed by atoms with Crippen LogP contribution in [0.25, 0.3) is 0 Å². The molecule has 0 saturated heterocycles. The van der Waals surface area contributed by atoms with E-state index < -0.39 is 40.2 Å². The summed E-state index contributed by atoms with van der Waals surface area (Å²) in [5, 5.41) is 19.9. The molecular formula is C23H23F3N4O7S2. The standard InChI is InChI=1S/C23H23F3N4O7S2/c24-23(25,26)37-19-4-2-1-3-18(19)35-9-13-5-20(38-11-13)21(32)16-8-28-12-29-22(16)30-15-6-14(17(31)7-15)10-36-39(27,33)34/h1-5,8,11-12,14-15,17,31H,6-7,9-10H2,(H2,27,33,34)(H,28,29,30)/t14-,15-,17+/m1/s1. The fourth-order valence-electron chi connectivity index (χ4n) is 4.03. The summed E-state index contributed by atoms with van der Waals surface area (Å²) in [7, 11) is -4.14. The van der Waals surface area contributed by atoms with E-state index in [2.05, 4.69) is 24.2 Å². The van der Waals surface area contributed by atoms with Gasteiger partial charge in [0.1, 0.15) is 18.8 Å². The van der Waals surface area contributed by atoms with Crippen molar-refractivity contribution < 1.29 is 45.1 Å². The van der Waals surface area contributed by atoms with E-state index in [0.717, 1.165) is 17.4 Å². The summed E-state index contributed by atoms with van der Waals surface area (Å²) in [4.78, 5) is 21.6. The van der Waals surface area contributed by atoms with Crippen LogP contribution in [0, 0.1) is 5.92 Å². The Hall–Kier alpha value is -3.31. The SMILES string of the molecule is NS(=O)(=O)OC[C@H]1C[C@@H](Nc2ncncc2C(=O)c2cc(COc3ccccc3OC(F)(F)F)cs2)C[C@@H]1O. The first-order valence-corrected chi connectivity index (χ1v) is 13.7. The number of rotatable bonds is 11. The van der Waals surface area contributed by atoms with Crippen LogP contribution in [0.2, 0.25) is 0 Å². The van der Waals surface area contributed by atoms with Crippen LogP contribution in [0.4, 0.5) is 19.0 Å². The van der Waals surface area contributed by atoms with Crippen LogP contribution in [0.3, 0.4) is 0 Å². The Balaban J connectivity index is 1.41. The summed E-state index contributed by atoms with van der Waals surface area (Å²) in [6.45, 7) is -0.388. The van der Waals surface area contributed by atoms with Crippen molar-refractivity contribution in [2.24, 2.45) is 11.1 Å². The molecule has 0 spiro atoms. The number of anilines is 1. The second kappa shape index (κ2) is 11.8. The number of benzene rings is 1. The molecule has 3 aromatic rings. The van der Waals surface area contributed by atoms with Gasteiger partial charge in [0.05, 0.1) is 23.2 Å². The van der Waals surface area contributed by atoms with Gasteiger partial charge in [-0.2, -0.15) is 8.42 Å². The fourth-order valence-corrected chi connectivity index (χ4v) is 5.24. The van der Waals surface area contributed by atoms with E-state index in [4.69, 9.17) is 9.88 Å². The second-order valence-electron chi connectivity index (χ2n) is 8.63. The maximum absolute atomic E-state index is 13.2. The predicted molar refractivity (Wildman–Crippen MR) is 132 cm³/mol. The lowest BCUT2D eigenvalue weighted by Gasteiger charge is -2.15. The van der Waals surface area contributed by atoms with Gasteiger partial charge in [0.2, 0.25) is 5.78 Å². The number of nitrogens with zero attached hydrogens (tertiary/aromatic N) is 2. The van der Waals surface area contributed by atoms with E-state index in [0.29, 0.717) is 16.9 Å². The van der Waals surface area contributed by atoms with Crippen LogP contribution < -0.4 is 19.9 Å². The topological polar surface area (TPSA) is 163 Å². The zero-order valence-corrected chi connectivity index (χ0v) is 21.6. The van der Waals surface area contributed by atoms with Crippen molar-refractivity contribution in [2.75, 3.05) is 11.9 Å². The summed E-state index contributed by atoms with van der Waals surface area (Å²) >= 11 is 1.11. The van der Waals surface area contributed by atoms with Gasteiger partial charge in [0, 0.05) is 23.7 Å². The number of carbonyl (C=O) groups excluding carboxylic acids is 1. The molecule has 4 N–H and O–H groups in total. The largest absolute Gasteiger partial charge is 0.573 e. The van der Waals surface area contributed by atoms with E-state index >= 15 is 0 Å². The number of hydrogen-bond acceptors (Lipinski definition) is 11. The summed E-state index contributed by atoms with van der Waals surface area (Å²) in [5.74, 6) is -1.26. The van der Waals surface area contributed by atoms with Gasteiger partial charge < -0.3 is 19.9 Å². The molecule has 1 saturated carbocycles. The normalized spacial score (nSPS) is 19.6. The number of para-hydroxylation sites is 2. The Morgan fingerprint density at radius 3 is 2.69 bits per heavy atom. The number of halogens is 3. The Kier molecular flexibility index (Phi) is 8.70. The molecule has 4 rings (SSSR count). The molecule has 0 amide bonds. The quantitative estimate of drug-likeness (QED) is 0.284. The Bertz CT molecular complexity index is 1420. The molecule has 1 aliphatic carbocycles. The number of aromatic nitrogens is 2. The number of nitrogens with two attached hydrogens (primary N) is 1. The highest BCUT2D eigenvalue weighted by Crippen LogP contribution is 2.33. The summed E-state index contributed by atoms with van der Waals surface area (Å²) < 4.78 is 74.1. The van der Waals surface area contributed by atoms with Crippen molar-refractivity contribution in [1.82, 2.24) is 9.97 Å². The van der Waals surface area contributed by atoms with Gasteiger partial charge in [-0.25, -0.2) is 15.1 Å². The summed E-state index contributed by atoms with van der Waals surface area (Å²) in [5.41, 5.74) is 0.711. The molecule has 2 heterocycles. The second-order valence-corrected chi connectivity index (χ2v) is 10.8. The van der Waals surface area contributed by atoms with E-state index in [9.17, 15) is 31.5 Å². The van der Waals surface area contributed by atoms with Crippen molar-refractivity contribution in [1.29, 1.82) is 0 Å². The third-order valence-electron chi connectivity index (χ3n) is 5.75. The van der Waals surface area contributed by atoms with Gasteiger partial charge >= 0.3 is 16.7 Å². The molecule has 210 valence electrons. The summed E-state index contributed by atoms with van der Waals surface area (Å²) in [6, 6.07) is 6.58. The molecule has 2 aromatic heterocycles. The number of nitrogens with one attached hydrogen (secondary N) is 1. The number of hydrogen-bond donors (Lipinski definition) is 3. The first-order valence-electron chi connectivity index (χ1n) is 11.4. The van der Waals surface area contributed by atoms with Gasteiger partial charge in [0.25, 0.3) is 0 Å². The smallest absolute Gasteiger partial charge is 0.485 e. The lowest BCUT2D eigenvalue weighted by molar-refractivity contribution is -0.275. The fraction of sp³-hybridized carbons (Fsp3) is 0.348. The van der Waals surface area contributed by atoms with Crippen LogP contribution >= 0.6 is 11.3 Å². The van der Waals surface area contributed by atoms with Crippen molar-refractivity contribution >= 4 is 33.2 Å². The van der Waals surface area contributed by atoms with Gasteiger partial charge in [-0.1, -0.05) is 12.1 Å². The maximum atomic E-state index is 13.2. The highest BCUT2D eigenvalue weighted by molar-refractivity contribution is 7.84. The minimum Gasteiger partial charge on any atom is -0.485 e. The molecule has 1 aromatic carbocycles. The first kappa shape index (κ1) is 28.7. The number of carbonyl (C=O) groups is 1. The molecular weight excluding hydrogens is 565 g/mol. The van der Waals surface area contributed by atoms with Crippen molar-refractivity contribution in [3.63, 3.8) is 0 Å². The Morgan fingerprint density at radius 1 is 1.23 bits per heavy atom. The molecule has 1 fully saturated rings. The predicted octanol–water partition coefficient (Wildman–Crippen LogP) is 3.02. The number of ketones is 1. The molecule has 3 atom stereocenters. The average molecular weight is 589 g/mol. The van der Waals surface area contributed by atoms with Crippen LogP contribution in [0.5, 0.6) is 11.5 Å². The number of aliphatic hydroxyl groups is 1. The third kappa shape index (κ3) is 8.09. The van der Waals surface area contributed by atoms with Crippen LogP contribution in [0.15, 0.2) is 48.2 Å². The van der Waals surface area contributed by atoms with Gasteiger partial charge in [-0.15, -0.1) is 24.5 Å². The van der Waals surface area contributed by atoms with Crippen molar-refractivity contribution in [2.45, 2.75) is 38.0 Å². The minimum atomic E-state index is -4.87. The number of alkyl halides is 3. The van der Waals surface area contributed by atoms with Crippen molar-refractivity contribution in [3.05, 3.63) is 64.2 Å². The van der Waals surface area contributed by atoms with Gasteiger partial charge in [-0.3, -0.25) is 8.98 Å². The third-order valence-corrected chi connectivity index (χ3v) is 7.19. The van der Waals surface area contributed by atoms with Crippen LogP contribution in [-0.4, -0.2) is 54.4 Å². The number of ether oxygens (including phenoxy) is 2. The average Bonchev–Trinajstić information content (AvgIpc) is 3.47. The van der Waals surface area contributed by atoms with E-state index in [-0.39, 0.29) is 42.8 Å². The molecule has 11 nitrogen and oxygen atoms in total. The zero-order chi connectivity index (χ0) is 28.2. The maximum Gasteiger partial charge on any atom is 0.573 e. The number of aliphatic hydroxyl groups excluding tert-OH is 1. The lowest BCUT2D eigenvalue weighted by Crippen LogP contribution is -2.24. The first-order chi connectivity index (χ1) is 18.4. The van der Waals surface area contributed by atoms with Crippen molar-refractivity contribution in [3.8, 4) is 11.5 Å².